The molecule has 0 radical (unpaired) electrons. The van der Waals surface area contributed by atoms with Gasteiger partial charge < -0.3 is 14.9 Å². The van der Waals surface area contributed by atoms with Gasteiger partial charge in [-0.1, -0.05) is 44.2 Å². The summed E-state index contributed by atoms with van der Waals surface area (Å²) in [6.45, 7) is 6.73. The third-order valence-corrected chi connectivity index (χ3v) is 3.96. The molecule has 4 heteroatoms. The van der Waals surface area contributed by atoms with Gasteiger partial charge in [-0.3, -0.25) is 4.90 Å². The van der Waals surface area contributed by atoms with Gasteiger partial charge in [0.05, 0.1) is 24.9 Å². The average Bonchev–Trinajstić information content (AvgIpc) is 2.37. The number of ether oxygens (including phenoxy) is 1. The molecule has 1 heterocycles. The van der Waals surface area contributed by atoms with Gasteiger partial charge in [-0.25, -0.2) is 0 Å². The number of rotatable bonds is 7. The third-order valence-electron chi connectivity index (χ3n) is 3.96. The topological polar surface area (TPSA) is 52.9 Å². The van der Waals surface area contributed by atoms with Gasteiger partial charge in [0.15, 0.2) is 0 Å². The van der Waals surface area contributed by atoms with E-state index in [-0.39, 0.29) is 5.92 Å². The van der Waals surface area contributed by atoms with Crippen molar-refractivity contribution in [3.63, 3.8) is 0 Å². The predicted molar refractivity (Wildman–Crippen MR) is 78.3 cm³/mol. The smallest absolute Gasteiger partial charge is 0.0922 e. The lowest BCUT2D eigenvalue weighted by atomic mass is 9.83. The van der Waals surface area contributed by atoms with Crippen molar-refractivity contribution in [2.75, 3.05) is 26.2 Å². The maximum absolute atomic E-state index is 10.1. The Labute approximate surface area is 121 Å². The first kappa shape index (κ1) is 15.4. The van der Waals surface area contributed by atoms with E-state index in [2.05, 4.69) is 4.90 Å². The van der Waals surface area contributed by atoms with E-state index in [1.807, 2.05) is 44.2 Å². The summed E-state index contributed by atoms with van der Waals surface area (Å²) >= 11 is 0. The summed E-state index contributed by atoms with van der Waals surface area (Å²) in [4.78, 5) is 2.07. The molecular weight excluding hydrogens is 254 g/mol. The Morgan fingerprint density at radius 2 is 1.90 bits per heavy atom. The highest BCUT2D eigenvalue weighted by Crippen LogP contribution is 2.28. The summed E-state index contributed by atoms with van der Waals surface area (Å²) in [7, 11) is 0. The Bertz CT molecular complexity index is 401. The molecule has 0 amide bonds. The molecule has 1 saturated heterocycles. The molecule has 0 aromatic heterocycles. The zero-order valence-electron chi connectivity index (χ0n) is 12.3. The van der Waals surface area contributed by atoms with E-state index < -0.39 is 11.7 Å². The van der Waals surface area contributed by atoms with Gasteiger partial charge in [0.1, 0.15) is 0 Å². The zero-order chi connectivity index (χ0) is 14.6. The number of hydrogen-bond donors (Lipinski definition) is 2. The van der Waals surface area contributed by atoms with E-state index in [1.165, 1.54) is 0 Å². The van der Waals surface area contributed by atoms with Gasteiger partial charge in [-0.15, -0.1) is 0 Å². The summed E-state index contributed by atoms with van der Waals surface area (Å²) in [5, 5.41) is 20.1. The molecule has 0 aliphatic carbocycles. The van der Waals surface area contributed by atoms with Crippen molar-refractivity contribution >= 4 is 0 Å². The average molecular weight is 279 g/mol. The van der Waals surface area contributed by atoms with Crippen molar-refractivity contribution in [2.45, 2.75) is 32.2 Å². The van der Waals surface area contributed by atoms with E-state index in [0.29, 0.717) is 32.8 Å². The van der Waals surface area contributed by atoms with Crippen LogP contribution in [0, 0.1) is 5.92 Å². The minimum atomic E-state index is -0.579. The lowest BCUT2D eigenvalue weighted by Gasteiger charge is -2.49. The molecule has 2 rings (SSSR count). The van der Waals surface area contributed by atoms with Gasteiger partial charge in [0.25, 0.3) is 0 Å². The summed E-state index contributed by atoms with van der Waals surface area (Å²) < 4.78 is 5.51. The predicted octanol–water partition coefficient (Wildman–Crippen LogP) is 1.27. The molecule has 20 heavy (non-hydrogen) atoms. The highest BCUT2D eigenvalue weighted by atomic mass is 16.5. The van der Waals surface area contributed by atoms with Crippen molar-refractivity contribution in [1.29, 1.82) is 0 Å². The molecule has 1 unspecified atom stereocenters. The van der Waals surface area contributed by atoms with Gasteiger partial charge >= 0.3 is 0 Å². The third kappa shape index (κ3) is 4.03. The number of hydrogen-bond acceptors (Lipinski definition) is 4. The highest BCUT2D eigenvalue weighted by molar-refractivity contribution is 5.13. The molecule has 1 aromatic carbocycles. The monoisotopic (exact) mass is 279 g/mol. The summed E-state index contributed by atoms with van der Waals surface area (Å²) in [5.41, 5.74) is 0.530. The van der Waals surface area contributed by atoms with Gasteiger partial charge in [-0.05, 0) is 11.5 Å². The lowest BCUT2D eigenvalue weighted by Crippen LogP contribution is -2.65. The fraction of sp³-hybridized carbons (Fsp3) is 0.625. The molecule has 1 atom stereocenters. The van der Waals surface area contributed by atoms with E-state index in [1.54, 1.807) is 0 Å². The first-order valence-corrected chi connectivity index (χ1v) is 7.24. The van der Waals surface area contributed by atoms with Crippen LogP contribution < -0.4 is 0 Å². The van der Waals surface area contributed by atoms with E-state index >= 15 is 0 Å². The molecule has 1 aliphatic heterocycles. The van der Waals surface area contributed by atoms with Crippen molar-refractivity contribution in [3.05, 3.63) is 35.9 Å². The fourth-order valence-corrected chi connectivity index (χ4v) is 2.46. The lowest BCUT2D eigenvalue weighted by molar-refractivity contribution is -0.139. The van der Waals surface area contributed by atoms with Crippen molar-refractivity contribution in [2.24, 2.45) is 5.92 Å². The fourth-order valence-electron chi connectivity index (χ4n) is 2.46. The summed E-state index contributed by atoms with van der Waals surface area (Å²) in [6.07, 6.45) is -0.504. The quantitative estimate of drug-likeness (QED) is 0.789. The first-order chi connectivity index (χ1) is 9.49. The number of benzene rings is 1. The molecule has 1 aliphatic rings. The van der Waals surface area contributed by atoms with Crippen molar-refractivity contribution < 1.29 is 14.9 Å². The number of aliphatic hydroxyl groups is 2. The van der Waals surface area contributed by atoms with Gasteiger partial charge in [0, 0.05) is 19.6 Å². The van der Waals surface area contributed by atoms with Crippen LogP contribution in [0.1, 0.15) is 19.4 Å². The minimum Gasteiger partial charge on any atom is -0.389 e. The van der Waals surface area contributed by atoms with Crippen LogP contribution in [0.5, 0.6) is 0 Å². The van der Waals surface area contributed by atoms with E-state index in [4.69, 9.17) is 4.74 Å². The molecule has 0 saturated carbocycles. The Morgan fingerprint density at radius 1 is 1.25 bits per heavy atom. The van der Waals surface area contributed by atoms with Crippen LogP contribution in [0.25, 0.3) is 0 Å². The van der Waals surface area contributed by atoms with Gasteiger partial charge in [-0.2, -0.15) is 0 Å². The molecule has 0 bridgehead atoms. The van der Waals surface area contributed by atoms with Crippen LogP contribution in [-0.2, 0) is 11.3 Å². The van der Waals surface area contributed by atoms with Crippen molar-refractivity contribution in [1.82, 2.24) is 4.90 Å². The van der Waals surface area contributed by atoms with Gasteiger partial charge in [0.2, 0.25) is 0 Å². The van der Waals surface area contributed by atoms with Crippen LogP contribution in [-0.4, -0.2) is 53.1 Å². The molecule has 1 aromatic rings. The maximum Gasteiger partial charge on any atom is 0.0922 e. The first-order valence-electron chi connectivity index (χ1n) is 7.24. The van der Waals surface area contributed by atoms with Crippen LogP contribution in [0.3, 0.4) is 0 Å². The maximum atomic E-state index is 10.1. The normalized spacial score (nSPS) is 19.9. The molecule has 112 valence electrons. The molecule has 4 nitrogen and oxygen atoms in total. The molecule has 0 spiro atoms. The number of aliphatic hydroxyl groups excluding tert-OH is 1. The molecular formula is C16H25NO3. The largest absolute Gasteiger partial charge is 0.389 e. The standard InChI is InChI=1S/C16H25NO3/c1-13(2)16(19)11-17(12-16)8-15(18)10-20-9-14-6-4-3-5-7-14/h3-7,13,15,18-19H,8-12H2,1-2H3. The Hall–Kier alpha value is -0.940. The Morgan fingerprint density at radius 3 is 2.50 bits per heavy atom. The molecule has 1 fully saturated rings. The zero-order valence-corrected chi connectivity index (χ0v) is 12.3. The Balaban J connectivity index is 1.61. The SMILES string of the molecule is CC(C)C1(O)CN(CC(O)COCc2ccccc2)C1. The second-order valence-electron chi connectivity index (χ2n) is 6.08. The van der Waals surface area contributed by atoms with Crippen LogP contribution >= 0.6 is 0 Å². The van der Waals surface area contributed by atoms with Crippen LogP contribution in [0.4, 0.5) is 0 Å². The Kier molecular flexibility index (Phi) is 5.16. The minimum absolute atomic E-state index is 0.255. The second kappa shape index (κ2) is 6.68. The summed E-state index contributed by atoms with van der Waals surface area (Å²) in [6, 6.07) is 9.93. The number of nitrogens with zero attached hydrogens (tertiary/aromatic N) is 1. The van der Waals surface area contributed by atoms with Crippen LogP contribution in [0.15, 0.2) is 30.3 Å². The number of likely N-dealkylation sites (tertiary alicyclic amines) is 1. The molecule has 2 N–H and O–H groups in total. The summed E-state index contributed by atoms with van der Waals surface area (Å²) in [5.74, 6) is 0.255. The second-order valence-corrected chi connectivity index (χ2v) is 6.08. The van der Waals surface area contributed by atoms with E-state index in [9.17, 15) is 10.2 Å². The highest BCUT2D eigenvalue weighted by Gasteiger charge is 2.43. The van der Waals surface area contributed by atoms with E-state index in [0.717, 1.165) is 5.56 Å². The van der Waals surface area contributed by atoms with Crippen molar-refractivity contribution in [3.8, 4) is 0 Å². The number of β-amino-alcohol motifs (C(OH)–C–C–N with tert-alkyl or cyclic N) is 2. The van der Waals surface area contributed by atoms with Crippen LogP contribution in [0.2, 0.25) is 0 Å².